The monoisotopic (exact) mass is 525 g/mol. The summed E-state index contributed by atoms with van der Waals surface area (Å²) in [6.07, 6.45) is 0. The van der Waals surface area contributed by atoms with Gasteiger partial charge in [-0.2, -0.15) is 0 Å². The number of hydrogen-bond donors (Lipinski definition) is 1. The minimum atomic E-state index is -4.38. The summed E-state index contributed by atoms with van der Waals surface area (Å²) in [5.41, 5.74) is 0.394. The average molecular weight is 527 g/mol. The topological polar surface area (TPSA) is 114 Å². The van der Waals surface area contributed by atoms with Crippen molar-refractivity contribution in [3.8, 4) is 0 Å². The number of anilines is 1. The lowest BCUT2D eigenvalue weighted by Crippen LogP contribution is -2.03. The first-order valence-corrected chi connectivity index (χ1v) is 15.0. The van der Waals surface area contributed by atoms with Gasteiger partial charge >= 0.3 is 0 Å². The summed E-state index contributed by atoms with van der Waals surface area (Å²) in [6.45, 7) is 0. The van der Waals surface area contributed by atoms with Crippen molar-refractivity contribution >= 4 is 97.2 Å². The van der Waals surface area contributed by atoms with Crippen molar-refractivity contribution in [2.75, 3.05) is 12.4 Å². The summed E-state index contributed by atoms with van der Waals surface area (Å²) in [5, 5.41) is 4.32. The van der Waals surface area contributed by atoms with Crippen molar-refractivity contribution in [3.05, 3.63) is 36.4 Å². The smallest absolute Gasteiger partial charge is 0.262 e. The van der Waals surface area contributed by atoms with E-state index in [1.807, 2.05) is 0 Å². The third-order valence-electron chi connectivity index (χ3n) is 4.84. The highest BCUT2D eigenvalue weighted by Crippen LogP contribution is 2.45. The fourth-order valence-electron chi connectivity index (χ4n) is 3.71. The van der Waals surface area contributed by atoms with Crippen molar-refractivity contribution in [2.24, 2.45) is 0 Å². The second-order valence-corrected chi connectivity index (χ2v) is 14.0. The Morgan fingerprint density at radius 1 is 0.600 bits per heavy atom. The molecule has 0 aliphatic heterocycles. The SMILES string of the molecule is CNc1cc(S(=O)(=O)Cl)c2ccc3c(S(=O)(=O)Cl)cc(S(=O)(=O)Cl)c4ccc1c2c43. The summed E-state index contributed by atoms with van der Waals surface area (Å²) in [4.78, 5) is -1.14. The van der Waals surface area contributed by atoms with E-state index >= 15 is 0 Å². The molecule has 4 aromatic carbocycles. The first-order valence-electron chi connectivity index (χ1n) is 8.05. The third kappa shape index (κ3) is 3.26. The molecule has 0 spiro atoms. The van der Waals surface area contributed by atoms with Crippen LogP contribution in [-0.4, -0.2) is 32.3 Å². The summed E-state index contributed by atoms with van der Waals surface area (Å²) in [6, 6.07) is 8.06. The van der Waals surface area contributed by atoms with Crippen molar-refractivity contribution in [1.29, 1.82) is 0 Å². The van der Waals surface area contributed by atoms with Crippen LogP contribution in [0.2, 0.25) is 0 Å². The van der Waals surface area contributed by atoms with Crippen molar-refractivity contribution in [3.63, 3.8) is 0 Å². The van der Waals surface area contributed by atoms with Crippen LogP contribution >= 0.6 is 32.0 Å². The van der Waals surface area contributed by atoms with E-state index < -0.39 is 36.9 Å². The van der Waals surface area contributed by atoms with Gasteiger partial charge in [0.2, 0.25) is 0 Å². The molecule has 0 aromatic heterocycles. The summed E-state index contributed by atoms with van der Waals surface area (Å²) >= 11 is 0. The summed E-state index contributed by atoms with van der Waals surface area (Å²) in [5.74, 6) is 0. The Bertz CT molecular complexity index is 1650. The molecule has 0 radical (unpaired) electrons. The van der Waals surface area contributed by atoms with Crippen LogP contribution in [0.15, 0.2) is 51.1 Å². The standard InChI is InChI=1S/C17H10Cl3NO6S3/c1-21-12-6-13(28(18,22)23)9-4-5-11-15(30(20,26)27)7-14(29(19,24)25)10-3-2-8(12)16(9)17(10)11/h2-7,21H,1H3. The zero-order valence-corrected chi connectivity index (χ0v) is 19.5. The molecule has 0 unspecified atom stereocenters. The molecule has 0 saturated heterocycles. The Balaban J connectivity index is 2.46. The lowest BCUT2D eigenvalue weighted by Gasteiger charge is -2.18. The van der Waals surface area contributed by atoms with E-state index in [9.17, 15) is 25.3 Å². The lowest BCUT2D eigenvalue weighted by molar-refractivity contribution is 0.607. The maximum absolute atomic E-state index is 12.2. The van der Waals surface area contributed by atoms with E-state index in [4.69, 9.17) is 32.0 Å². The van der Waals surface area contributed by atoms with Crippen molar-refractivity contribution < 1.29 is 25.3 Å². The normalized spacial score (nSPS) is 13.5. The van der Waals surface area contributed by atoms with Crippen LogP contribution in [0.1, 0.15) is 0 Å². The van der Waals surface area contributed by atoms with Gasteiger partial charge in [0.25, 0.3) is 27.2 Å². The van der Waals surface area contributed by atoms with Crippen LogP contribution < -0.4 is 5.32 Å². The van der Waals surface area contributed by atoms with Gasteiger partial charge in [0.05, 0.1) is 14.7 Å². The Morgan fingerprint density at radius 3 is 1.30 bits per heavy atom. The number of hydrogen-bond acceptors (Lipinski definition) is 7. The molecule has 0 fully saturated rings. The quantitative estimate of drug-likeness (QED) is 0.309. The predicted octanol–water partition coefficient (Wildman–Crippen LogP) is 4.41. The van der Waals surface area contributed by atoms with E-state index in [1.54, 1.807) is 13.1 Å². The Morgan fingerprint density at radius 2 is 0.933 bits per heavy atom. The van der Waals surface area contributed by atoms with Gasteiger partial charge in [-0.05, 0) is 12.1 Å². The predicted molar refractivity (Wildman–Crippen MR) is 119 cm³/mol. The number of nitrogens with one attached hydrogen (secondary N) is 1. The lowest BCUT2D eigenvalue weighted by atomic mass is 9.93. The second kappa shape index (κ2) is 6.72. The van der Waals surface area contributed by atoms with E-state index in [0.29, 0.717) is 16.5 Å². The van der Waals surface area contributed by atoms with E-state index in [1.165, 1.54) is 24.3 Å². The van der Waals surface area contributed by atoms with Crippen LogP contribution in [0, 0.1) is 0 Å². The fraction of sp³-hybridized carbons (Fsp3) is 0.0588. The molecule has 0 atom stereocenters. The minimum Gasteiger partial charge on any atom is -0.388 e. The average Bonchev–Trinajstić information content (AvgIpc) is 2.62. The van der Waals surface area contributed by atoms with Crippen molar-refractivity contribution in [1.82, 2.24) is 0 Å². The first kappa shape index (κ1) is 21.7. The molecule has 7 nitrogen and oxygen atoms in total. The van der Waals surface area contributed by atoms with Crippen molar-refractivity contribution in [2.45, 2.75) is 14.7 Å². The highest BCUT2D eigenvalue weighted by atomic mass is 35.7. The largest absolute Gasteiger partial charge is 0.388 e. The number of benzene rings is 4. The van der Waals surface area contributed by atoms with Crippen LogP contribution in [0.25, 0.3) is 32.3 Å². The van der Waals surface area contributed by atoms with Crippen LogP contribution in [0.5, 0.6) is 0 Å². The zero-order valence-electron chi connectivity index (χ0n) is 14.8. The molecule has 158 valence electrons. The molecule has 0 aliphatic rings. The molecule has 1 N–H and O–H groups in total. The van der Waals surface area contributed by atoms with E-state index in [2.05, 4.69) is 5.32 Å². The van der Waals surface area contributed by atoms with E-state index in [0.717, 1.165) is 6.07 Å². The molecule has 0 aliphatic carbocycles. The van der Waals surface area contributed by atoms with Gasteiger partial charge in [0.15, 0.2) is 0 Å². The Labute approximate surface area is 185 Å². The second-order valence-electron chi connectivity index (χ2n) is 6.43. The molecule has 4 aromatic rings. The van der Waals surface area contributed by atoms with Crippen LogP contribution in [-0.2, 0) is 27.2 Å². The zero-order chi connectivity index (χ0) is 22.2. The molecule has 0 heterocycles. The molecule has 13 heteroatoms. The molecular weight excluding hydrogens is 517 g/mol. The molecule has 0 amide bonds. The maximum atomic E-state index is 12.2. The Hall–Kier alpha value is -1.56. The van der Waals surface area contributed by atoms with Crippen LogP contribution in [0.3, 0.4) is 0 Å². The van der Waals surface area contributed by atoms with Gasteiger partial charge in [0.1, 0.15) is 0 Å². The van der Waals surface area contributed by atoms with Gasteiger partial charge in [-0.25, -0.2) is 25.3 Å². The van der Waals surface area contributed by atoms with E-state index in [-0.39, 0.29) is 26.4 Å². The van der Waals surface area contributed by atoms with Gasteiger partial charge in [0, 0.05) is 77.1 Å². The molecular formula is C17H10Cl3NO6S3. The van der Waals surface area contributed by atoms with Gasteiger partial charge in [-0.1, -0.05) is 24.3 Å². The highest BCUT2D eigenvalue weighted by Gasteiger charge is 2.27. The minimum absolute atomic E-state index is 0.119. The maximum Gasteiger partial charge on any atom is 0.262 e. The number of halogens is 3. The van der Waals surface area contributed by atoms with Gasteiger partial charge < -0.3 is 5.32 Å². The highest BCUT2D eigenvalue weighted by molar-refractivity contribution is 8.14. The van der Waals surface area contributed by atoms with Gasteiger partial charge in [-0.15, -0.1) is 0 Å². The van der Waals surface area contributed by atoms with Gasteiger partial charge in [-0.3, -0.25) is 0 Å². The number of rotatable bonds is 4. The van der Waals surface area contributed by atoms with Crippen LogP contribution in [0.4, 0.5) is 5.69 Å². The molecule has 0 bridgehead atoms. The summed E-state index contributed by atoms with van der Waals surface area (Å²) in [7, 11) is 5.39. The molecule has 0 saturated carbocycles. The fourth-order valence-corrected chi connectivity index (χ4v) is 7.01. The first-order chi connectivity index (χ1) is 13.7. The Kier molecular flexibility index (Phi) is 4.85. The summed E-state index contributed by atoms with van der Waals surface area (Å²) < 4.78 is 73.2. The molecule has 30 heavy (non-hydrogen) atoms. The molecule has 4 rings (SSSR count). The third-order valence-corrected chi connectivity index (χ3v) is 8.93.